The van der Waals surface area contributed by atoms with Crippen LogP contribution in [-0.4, -0.2) is 23.4 Å². The summed E-state index contributed by atoms with van der Waals surface area (Å²) >= 11 is 0. The molecule has 0 aromatic heterocycles. The number of carbonyl (C=O) groups is 1. The van der Waals surface area contributed by atoms with Crippen LogP contribution in [0, 0.1) is 0 Å². The summed E-state index contributed by atoms with van der Waals surface area (Å²) in [4.78, 5) is 9.79. The Bertz CT molecular complexity index is 127. The number of hydrogen-bond donors (Lipinski definition) is 2. The smallest absolute Gasteiger partial charge is 0.450 e. The van der Waals surface area contributed by atoms with E-state index in [0.717, 1.165) is 6.54 Å². The number of ether oxygens (including phenoxy) is 1. The predicted molar refractivity (Wildman–Crippen MR) is 52.8 cm³/mol. The minimum absolute atomic E-state index is 0.578. The lowest BCUT2D eigenvalue weighted by atomic mass is 10.2. The summed E-state index contributed by atoms with van der Waals surface area (Å²) in [6.07, 6.45) is 1.16. The quantitative estimate of drug-likeness (QED) is 0.656. The Hall–Kier alpha value is -0.770. The van der Waals surface area contributed by atoms with Gasteiger partial charge in [0.25, 0.3) is 0 Å². The van der Waals surface area contributed by atoms with Crippen molar-refractivity contribution in [2.75, 3.05) is 6.54 Å². The number of rotatable bonds is 2. The van der Waals surface area contributed by atoms with Crippen LogP contribution in [0.25, 0.3) is 0 Å². The normalized spacial score (nSPS) is 9.92. The molecule has 13 heavy (non-hydrogen) atoms. The lowest BCUT2D eigenvalue weighted by Gasteiger charge is -2.15. The monoisotopic (exact) mass is 191 g/mol. The van der Waals surface area contributed by atoms with E-state index in [1.165, 1.54) is 12.8 Å². The van der Waals surface area contributed by atoms with Gasteiger partial charge in [0.1, 0.15) is 5.60 Å². The lowest BCUT2D eigenvalue weighted by molar-refractivity contribution is 0.0150. The second-order valence-electron chi connectivity index (χ2n) is 3.62. The third-order valence-electron chi connectivity index (χ3n) is 0.951. The maximum absolute atomic E-state index is 9.79. The van der Waals surface area contributed by atoms with Gasteiger partial charge in [0.2, 0.25) is 0 Å². The second kappa shape index (κ2) is 7.86. The Morgan fingerprint density at radius 2 is 1.92 bits per heavy atom. The molecule has 0 aliphatic rings. The molecular formula is C9H21NO3. The molecule has 4 nitrogen and oxygen atoms in total. The van der Waals surface area contributed by atoms with Crippen LogP contribution in [0.5, 0.6) is 0 Å². The van der Waals surface area contributed by atoms with Gasteiger partial charge in [-0.25, -0.2) is 4.79 Å². The van der Waals surface area contributed by atoms with Gasteiger partial charge in [-0.15, -0.1) is 0 Å². The molecule has 0 aromatic rings. The van der Waals surface area contributed by atoms with Crippen LogP contribution in [0.2, 0.25) is 0 Å². The summed E-state index contributed by atoms with van der Waals surface area (Å²) in [5.41, 5.74) is 4.56. The van der Waals surface area contributed by atoms with Gasteiger partial charge < -0.3 is 15.6 Å². The van der Waals surface area contributed by atoms with Crippen LogP contribution in [0.1, 0.15) is 40.5 Å². The van der Waals surface area contributed by atoms with Gasteiger partial charge in [-0.3, -0.25) is 0 Å². The Labute approximate surface area is 80.1 Å². The zero-order chi connectivity index (χ0) is 10.9. The van der Waals surface area contributed by atoms with E-state index in [2.05, 4.69) is 11.7 Å². The van der Waals surface area contributed by atoms with E-state index in [-0.39, 0.29) is 0 Å². The molecule has 3 N–H and O–H groups in total. The highest BCUT2D eigenvalue weighted by atomic mass is 16.7. The van der Waals surface area contributed by atoms with Crippen LogP contribution >= 0.6 is 0 Å². The Balaban J connectivity index is 0. The molecule has 0 aliphatic carbocycles. The first-order chi connectivity index (χ1) is 5.83. The van der Waals surface area contributed by atoms with E-state index in [9.17, 15) is 4.79 Å². The first kappa shape index (κ1) is 14.7. The predicted octanol–water partition coefficient (Wildman–Crippen LogP) is 2.22. The van der Waals surface area contributed by atoms with E-state index in [1.807, 2.05) is 0 Å². The van der Waals surface area contributed by atoms with E-state index in [1.54, 1.807) is 20.8 Å². The van der Waals surface area contributed by atoms with E-state index < -0.39 is 11.8 Å². The molecule has 0 rings (SSSR count). The van der Waals surface area contributed by atoms with Crippen LogP contribution in [0.15, 0.2) is 0 Å². The average molecular weight is 191 g/mol. The zero-order valence-corrected chi connectivity index (χ0v) is 8.96. The van der Waals surface area contributed by atoms with Gasteiger partial charge in [-0.05, 0) is 33.7 Å². The van der Waals surface area contributed by atoms with E-state index in [4.69, 9.17) is 10.8 Å². The summed E-state index contributed by atoms with van der Waals surface area (Å²) < 4.78 is 4.35. The minimum Gasteiger partial charge on any atom is -0.450 e. The van der Waals surface area contributed by atoms with Crippen molar-refractivity contribution < 1.29 is 14.6 Å². The zero-order valence-electron chi connectivity index (χ0n) is 8.96. The average Bonchev–Trinajstić information content (AvgIpc) is 1.84. The Morgan fingerprint density at radius 1 is 1.46 bits per heavy atom. The van der Waals surface area contributed by atoms with Gasteiger partial charge in [-0.2, -0.15) is 0 Å². The van der Waals surface area contributed by atoms with Crippen molar-refractivity contribution in [1.29, 1.82) is 0 Å². The molecule has 0 heterocycles. The van der Waals surface area contributed by atoms with Crippen molar-refractivity contribution >= 4 is 6.16 Å². The second-order valence-corrected chi connectivity index (χ2v) is 3.62. The van der Waals surface area contributed by atoms with Crippen molar-refractivity contribution in [3.05, 3.63) is 0 Å². The molecule has 0 fully saturated rings. The highest BCUT2D eigenvalue weighted by molar-refractivity contribution is 5.57. The molecule has 0 atom stereocenters. The van der Waals surface area contributed by atoms with Crippen molar-refractivity contribution in [3.8, 4) is 0 Å². The van der Waals surface area contributed by atoms with E-state index >= 15 is 0 Å². The van der Waals surface area contributed by atoms with Crippen LogP contribution < -0.4 is 5.73 Å². The van der Waals surface area contributed by atoms with Gasteiger partial charge in [0.05, 0.1) is 0 Å². The summed E-state index contributed by atoms with van der Waals surface area (Å²) in [5.74, 6) is 0. The molecule has 4 heteroatoms. The highest BCUT2D eigenvalue weighted by Crippen LogP contribution is 2.05. The first-order valence-corrected chi connectivity index (χ1v) is 4.45. The molecule has 0 unspecified atom stereocenters. The van der Waals surface area contributed by atoms with Crippen molar-refractivity contribution in [2.45, 2.75) is 46.1 Å². The minimum atomic E-state index is -1.22. The Kier molecular flexibility index (Phi) is 8.91. The number of nitrogens with two attached hydrogens (primary N) is 1. The molecule has 0 amide bonds. The van der Waals surface area contributed by atoms with Crippen molar-refractivity contribution in [1.82, 2.24) is 0 Å². The fourth-order valence-corrected chi connectivity index (χ4v) is 0.466. The molecule has 0 spiro atoms. The molecule has 0 bridgehead atoms. The summed E-state index contributed by atoms with van der Waals surface area (Å²) in [6.45, 7) is 8.02. The fourth-order valence-electron chi connectivity index (χ4n) is 0.466. The maximum Gasteiger partial charge on any atom is 0.506 e. The van der Waals surface area contributed by atoms with Crippen molar-refractivity contribution in [3.63, 3.8) is 0 Å². The molecule has 80 valence electrons. The van der Waals surface area contributed by atoms with Crippen LogP contribution in [0.3, 0.4) is 0 Å². The van der Waals surface area contributed by atoms with E-state index in [0.29, 0.717) is 0 Å². The van der Waals surface area contributed by atoms with Crippen molar-refractivity contribution in [2.24, 2.45) is 5.73 Å². The van der Waals surface area contributed by atoms with Gasteiger partial charge in [0.15, 0.2) is 0 Å². The third-order valence-corrected chi connectivity index (χ3v) is 0.951. The number of unbranched alkanes of at least 4 members (excludes halogenated alkanes) is 1. The largest absolute Gasteiger partial charge is 0.506 e. The maximum atomic E-state index is 9.79. The molecule has 0 saturated carbocycles. The number of hydrogen-bond acceptors (Lipinski definition) is 3. The standard InChI is InChI=1S/C5H10O3.C4H11N/c1-5(2,3)8-4(6)7;1-2-3-4-5/h1-3H3,(H,6,7);2-5H2,1H3. The summed E-state index contributed by atoms with van der Waals surface area (Å²) in [7, 11) is 0. The molecule has 0 radical (unpaired) electrons. The van der Waals surface area contributed by atoms with Crippen LogP contribution in [-0.2, 0) is 4.74 Å². The summed E-state index contributed by atoms with van der Waals surface area (Å²) in [6, 6.07) is 0. The lowest BCUT2D eigenvalue weighted by Crippen LogP contribution is -2.22. The fraction of sp³-hybridized carbons (Fsp3) is 0.889. The van der Waals surface area contributed by atoms with Crippen LogP contribution in [0.4, 0.5) is 4.79 Å². The topological polar surface area (TPSA) is 72.5 Å². The first-order valence-electron chi connectivity index (χ1n) is 4.45. The third kappa shape index (κ3) is 24.6. The Morgan fingerprint density at radius 3 is 1.92 bits per heavy atom. The highest BCUT2D eigenvalue weighted by Gasteiger charge is 2.13. The van der Waals surface area contributed by atoms with Gasteiger partial charge >= 0.3 is 6.16 Å². The molecule has 0 aromatic carbocycles. The van der Waals surface area contributed by atoms with Gasteiger partial charge in [0, 0.05) is 0 Å². The molecule has 0 aliphatic heterocycles. The molecular weight excluding hydrogens is 170 g/mol. The molecule has 0 saturated heterocycles. The summed E-state index contributed by atoms with van der Waals surface area (Å²) in [5, 5.41) is 8.03. The van der Waals surface area contributed by atoms with Gasteiger partial charge in [-0.1, -0.05) is 13.3 Å². The number of carboxylic acid groups (broad SMARTS) is 1. The SMILES string of the molecule is CC(C)(C)OC(=O)O.CCCCN.